The van der Waals surface area contributed by atoms with E-state index in [-0.39, 0.29) is 17.6 Å². The van der Waals surface area contributed by atoms with Gasteiger partial charge in [-0.25, -0.2) is 4.39 Å². The average molecular weight is 366 g/mol. The highest BCUT2D eigenvalue weighted by Gasteiger charge is 2.32. The summed E-state index contributed by atoms with van der Waals surface area (Å²) < 4.78 is 12.9. The normalized spacial score (nSPS) is 17.5. The van der Waals surface area contributed by atoms with E-state index in [0.717, 1.165) is 30.5 Å². The summed E-state index contributed by atoms with van der Waals surface area (Å²) in [7, 11) is 0. The average Bonchev–Trinajstić information content (AvgIpc) is 2.91. The molecule has 0 aliphatic carbocycles. The van der Waals surface area contributed by atoms with Gasteiger partial charge >= 0.3 is 0 Å². The van der Waals surface area contributed by atoms with Gasteiger partial charge in [-0.2, -0.15) is 0 Å². The maximum atomic E-state index is 12.9. The number of carbonyl (C=O) groups excluding carboxylic acids is 1. The van der Waals surface area contributed by atoms with E-state index in [2.05, 4.69) is 0 Å². The summed E-state index contributed by atoms with van der Waals surface area (Å²) in [5.41, 5.74) is 1.88. The second-order valence-corrected chi connectivity index (χ2v) is 6.91. The Kier molecular flexibility index (Phi) is 5.42. The van der Waals surface area contributed by atoms with Crippen molar-refractivity contribution in [3.63, 3.8) is 0 Å². The summed E-state index contributed by atoms with van der Waals surface area (Å²) in [6, 6.07) is 11.8. The fourth-order valence-electron chi connectivity index (χ4n) is 3.10. The quantitative estimate of drug-likeness (QED) is 0.747. The van der Waals surface area contributed by atoms with Crippen LogP contribution in [0.5, 0.6) is 0 Å². The molecule has 1 heterocycles. The largest absolute Gasteiger partial charge is 0.342 e. The molecule has 1 saturated heterocycles. The maximum absolute atomic E-state index is 12.9. The summed E-state index contributed by atoms with van der Waals surface area (Å²) in [5, 5.41) is 1.22. The fraction of sp³-hybridized carbons (Fsp3) is 0.316. The number of rotatable bonds is 5. The highest BCUT2D eigenvalue weighted by Crippen LogP contribution is 2.30. The predicted molar refractivity (Wildman–Crippen MR) is 95.0 cm³/mol. The zero-order valence-electron chi connectivity index (χ0n) is 13.1. The molecule has 3 rings (SSSR count). The lowest BCUT2D eigenvalue weighted by Crippen LogP contribution is -2.30. The van der Waals surface area contributed by atoms with Gasteiger partial charge in [-0.15, -0.1) is 0 Å². The summed E-state index contributed by atoms with van der Waals surface area (Å²) in [5.74, 6) is -0.170. The maximum Gasteiger partial charge on any atom is 0.226 e. The predicted octanol–water partition coefficient (Wildman–Crippen LogP) is 4.77. The van der Waals surface area contributed by atoms with E-state index in [9.17, 15) is 9.18 Å². The van der Waals surface area contributed by atoms with Gasteiger partial charge in [0.15, 0.2) is 0 Å². The molecule has 1 aliphatic rings. The summed E-state index contributed by atoms with van der Waals surface area (Å²) in [6.45, 7) is 1.39. The van der Waals surface area contributed by atoms with Crippen LogP contribution in [0.25, 0.3) is 0 Å². The van der Waals surface area contributed by atoms with Gasteiger partial charge in [0.2, 0.25) is 5.91 Å². The Morgan fingerprint density at radius 1 is 1.08 bits per heavy atom. The Balaban J connectivity index is 1.59. The van der Waals surface area contributed by atoms with Crippen LogP contribution < -0.4 is 0 Å². The lowest BCUT2D eigenvalue weighted by Gasteiger charge is -2.17. The minimum Gasteiger partial charge on any atom is -0.342 e. The Bertz CT molecular complexity index is 712. The zero-order valence-corrected chi connectivity index (χ0v) is 14.7. The highest BCUT2D eigenvalue weighted by molar-refractivity contribution is 6.36. The minimum atomic E-state index is -0.243. The standard InChI is InChI=1S/C19H18Cl2FNO/c20-17-2-1-3-18(21)16(17)12-14-9-11-23(19(14)24)10-8-13-4-6-15(22)7-5-13/h1-7,14H,8-12H2. The van der Waals surface area contributed by atoms with Gasteiger partial charge in [0.1, 0.15) is 5.82 Å². The molecule has 0 spiro atoms. The Morgan fingerprint density at radius 2 is 1.75 bits per heavy atom. The first-order chi connectivity index (χ1) is 11.5. The van der Waals surface area contributed by atoms with Gasteiger partial charge in [0.25, 0.3) is 0 Å². The van der Waals surface area contributed by atoms with Gasteiger partial charge in [-0.3, -0.25) is 4.79 Å². The third kappa shape index (κ3) is 3.90. The molecule has 2 aromatic carbocycles. The molecule has 1 fully saturated rings. The van der Waals surface area contributed by atoms with Crippen LogP contribution in [0.2, 0.25) is 10.0 Å². The molecule has 1 aliphatic heterocycles. The molecule has 1 atom stereocenters. The molecule has 0 radical (unpaired) electrons. The van der Waals surface area contributed by atoms with Crippen LogP contribution >= 0.6 is 23.2 Å². The SMILES string of the molecule is O=C1C(Cc2c(Cl)cccc2Cl)CCN1CCc1ccc(F)cc1. The monoisotopic (exact) mass is 365 g/mol. The van der Waals surface area contributed by atoms with Crippen molar-refractivity contribution in [1.29, 1.82) is 0 Å². The number of hydrogen-bond donors (Lipinski definition) is 0. The first kappa shape index (κ1) is 17.2. The van der Waals surface area contributed by atoms with Crippen molar-refractivity contribution in [2.45, 2.75) is 19.3 Å². The first-order valence-electron chi connectivity index (χ1n) is 8.00. The van der Waals surface area contributed by atoms with Gasteiger partial charge < -0.3 is 4.90 Å². The zero-order chi connectivity index (χ0) is 17.1. The summed E-state index contributed by atoms with van der Waals surface area (Å²) in [4.78, 5) is 14.5. The molecule has 0 N–H and O–H groups in total. The third-order valence-electron chi connectivity index (χ3n) is 4.50. The Morgan fingerprint density at radius 3 is 2.42 bits per heavy atom. The van der Waals surface area contributed by atoms with Crippen molar-refractivity contribution in [2.24, 2.45) is 5.92 Å². The number of likely N-dealkylation sites (tertiary alicyclic amines) is 1. The summed E-state index contributed by atoms with van der Waals surface area (Å²) in [6.07, 6.45) is 2.11. The molecule has 24 heavy (non-hydrogen) atoms. The van der Waals surface area contributed by atoms with E-state index in [1.165, 1.54) is 12.1 Å². The van der Waals surface area contributed by atoms with Crippen molar-refractivity contribution >= 4 is 29.1 Å². The molecule has 0 bridgehead atoms. The van der Waals surface area contributed by atoms with Crippen LogP contribution in [0.3, 0.4) is 0 Å². The lowest BCUT2D eigenvalue weighted by atomic mass is 9.98. The van der Waals surface area contributed by atoms with Crippen LogP contribution in [-0.4, -0.2) is 23.9 Å². The van der Waals surface area contributed by atoms with Crippen molar-refractivity contribution in [3.8, 4) is 0 Å². The summed E-state index contributed by atoms with van der Waals surface area (Å²) >= 11 is 12.4. The second kappa shape index (κ2) is 7.54. The number of amides is 1. The number of carbonyl (C=O) groups is 1. The molecular weight excluding hydrogens is 348 g/mol. The molecule has 5 heteroatoms. The highest BCUT2D eigenvalue weighted by atomic mass is 35.5. The van der Waals surface area contributed by atoms with Crippen LogP contribution in [0, 0.1) is 11.7 Å². The smallest absolute Gasteiger partial charge is 0.226 e. The Labute approximate surface area is 151 Å². The number of halogens is 3. The lowest BCUT2D eigenvalue weighted by molar-refractivity contribution is -0.130. The van der Waals surface area contributed by atoms with Crippen molar-refractivity contribution < 1.29 is 9.18 Å². The Hall–Kier alpha value is -1.58. The van der Waals surface area contributed by atoms with Crippen LogP contribution in [-0.2, 0) is 17.6 Å². The molecular formula is C19H18Cl2FNO. The van der Waals surface area contributed by atoms with E-state index in [1.54, 1.807) is 30.3 Å². The van der Waals surface area contributed by atoms with Gasteiger partial charge in [0.05, 0.1) is 0 Å². The number of nitrogens with zero attached hydrogens (tertiary/aromatic N) is 1. The molecule has 2 aromatic rings. The number of hydrogen-bond acceptors (Lipinski definition) is 1. The van der Waals surface area contributed by atoms with E-state index in [0.29, 0.717) is 23.0 Å². The van der Waals surface area contributed by atoms with Gasteiger partial charge in [-0.1, -0.05) is 41.4 Å². The van der Waals surface area contributed by atoms with Crippen LogP contribution in [0.4, 0.5) is 4.39 Å². The van der Waals surface area contributed by atoms with Gasteiger partial charge in [-0.05, 0) is 54.7 Å². The van der Waals surface area contributed by atoms with Crippen molar-refractivity contribution in [1.82, 2.24) is 4.90 Å². The molecule has 1 amide bonds. The van der Waals surface area contributed by atoms with E-state index in [4.69, 9.17) is 23.2 Å². The molecule has 126 valence electrons. The topological polar surface area (TPSA) is 20.3 Å². The van der Waals surface area contributed by atoms with Crippen molar-refractivity contribution in [2.75, 3.05) is 13.1 Å². The fourth-order valence-corrected chi connectivity index (χ4v) is 3.66. The molecule has 1 unspecified atom stereocenters. The van der Waals surface area contributed by atoms with Crippen LogP contribution in [0.1, 0.15) is 17.5 Å². The van der Waals surface area contributed by atoms with E-state index in [1.807, 2.05) is 4.90 Å². The van der Waals surface area contributed by atoms with Crippen molar-refractivity contribution in [3.05, 3.63) is 69.5 Å². The molecule has 2 nitrogen and oxygen atoms in total. The minimum absolute atomic E-state index is 0.0735. The van der Waals surface area contributed by atoms with E-state index < -0.39 is 0 Å². The third-order valence-corrected chi connectivity index (χ3v) is 5.21. The second-order valence-electron chi connectivity index (χ2n) is 6.09. The van der Waals surface area contributed by atoms with E-state index >= 15 is 0 Å². The van der Waals surface area contributed by atoms with Gasteiger partial charge in [0, 0.05) is 29.1 Å². The first-order valence-corrected chi connectivity index (χ1v) is 8.76. The molecule has 0 saturated carbocycles. The number of benzene rings is 2. The van der Waals surface area contributed by atoms with Crippen LogP contribution in [0.15, 0.2) is 42.5 Å². The molecule has 0 aromatic heterocycles.